The Morgan fingerprint density at radius 2 is 1.60 bits per heavy atom. The highest BCUT2D eigenvalue weighted by Crippen LogP contribution is 2.27. The lowest BCUT2D eigenvalue weighted by Gasteiger charge is -2.38. The minimum atomic E-state index is -3.69. The fourth-order valence-corrected chi connectivity index (χ4v) is 8.04. The number of anilines is 6. The first-order chi connectivity index (χ1) is 25.2. The van der Waals surface area contributed by atoms with Gasteiger partial charge in [0.25, 0.3) is 0 Å². The van der Waals surface area contributed by atoms with Crippen molar-refractivity contribution >= 4 is 56.4 Å². The molecule has 2 amide bonds. The average molecular weight is 740 g/mol. The zero-order valence-corrected chi connectivity index (χ0v) is 31.8. The van der Waals surface area contributed by atoms with Gasteiger partial charge in [-0.1, -0.05) is 18.2 Å². The third-order valence-corrected chi connectivity index (χ3v) is 11.1. The van der Waals surface area contributed by atoms with Crippen LogP contribution in [-0.4, -0.2) is 72.9 Å². The van der Waals surface area contributed by atoms with E-state index < -0.39 is 15.6 Å². The van der Waals surface area contributed by atoms with Crippen LogP contribution in [0.3, 0.4) is 0 Å². The van der Waals surface area contributed by atoms with E-state index in [0.29, 0.717) is 36.3 Å². The number of amides is 2. The number of aryl methyl sites for hydroxylation is 1. The Bertz CT molecular complexity index is 2030. The van der Waals surface area contributed by atoms with Gasteiger partial charge in [0.1, 0.15) is 11.9 Å². The lowest BCUT2D eigenvalue weighted by Crippen LogP contribution is -2.47. The van der Waals surface area contributed by atoms with Crippen LogP contribution in [0.4, 0.5) is 34.5 Å². The second kappa shape index (κ2) is 15.9. The smallest absolute Gasteiger partial charge is 0.249 e. The van der Waals surface area contributed by atoms with E-state index >= 15 is 0 Å². The summed E-state index contributed by atoms with van der Waals surface area (Å²) in [5.74, 6) is 0.516. The van der Waals surface area contributed by atoms with Crippen LogP contribution in [0.5, 0.6) is 0 Å². The maximum absolute atomic E-state index is 12.9. The number of sulfonamides is 1. The van der Waals surface area contributed by atoms with Gasteiger partial charge < -0.3 is 20.9 Å². The molecule has 13 nitrogen and oxygen atoms in total. The molecule has 53 heavy (non-hydrogen) atoms. The van der Waals surface area contributed by atoms with Crippen molar-refractivity contribution in [3.05, 3.63) is 90.1 Å². The van der Waals surface area contributed by atoms with Crippen LogP contribution in [0.1, 0.15) is 57.6 Å². The summed E-state index contributed by atoms with van der Waals surface area (Å²) in [5.41, 5.74) is 4.92. The van der Waals surface area contributed by atoms with Crippen LogP contribution in [0, 0.1) is 6.92 Å². The first kappa shape index (κ1) is 37.7. The number of aromatic nitrogens is 2. The summed E-state index contributed by atoms with van der Waals surface area (Å²) < 4.78 is 28.4. The zero-order chi connectivity index (χ0) is 37.8. The highest BCUT2D eigenvalue weighted by atomic mass is 32.2. The number of rotatable bonds is 12. The van der Waals surface area contributed by atoms with Crippen molar-refractivity contribution in [2.24, 2.45) is 0 Å². The number of nitrogens with one attached hydrogen (secondary N) is 5. The Labute approximate surface area is 312 Å². The van der Waals surface area contributed by atoms with Crippen LogP contribution in [-0.2, 0) is 26.2 Å². The summed E-state index contributed by atoms with van der Waals surface area (Å²) in [7, 11) is -1.51. The Hall–Kier alpha value is -5.05. The summed E-state index contributed by atoms with van der Waals surface area (Å²) in [4.78, 5) is 37.6. The lowest BCUT2D eigenvalue weighted by atomic mass is 10.0. The van der Waals surface area contributed by atoms with E-state index in [1.54, 1.807) is 51.2 Å². The second-order valence-electron chi connectivity index (χ2n) is 14.9. The molecule has 2 aliphatic rings. The van der Waals surface area contributed by atoms with E-state index in [4.69, 9.17) is 0 Å². The minimum absolute atomic E-state index is 0.170. The van der Waals surface area contributed by atoms with Crippen molar-refractivity contribution in [1.82, 2.24) is 24.9 Å². The first-order valence-corrected chi connectivity index (χ1v) is 19.5. The maximum Gasteiger partial charge on any atom is 0.249 e. The fourth-order valence-electron chi connectivity index (χ4n) is 6.57. The van der Waals surface area contributed by atoms with E-state index in [2.05, 4.69) is 77.1 Å². The molecule has 1 aromatic heterocycles. The highest BCUT2D eigenvalue weighted by molar-refractivity contribution is 7.89. The number of nitrogens with zero attached hydrogens (tertiary/aromatic N) is 4. The number of imide groups is 1. The highest BCUT2D eigenvalue weighted by Gasteiger charge is 2.27. The van der Waals surface area contributed by atoms with Crippen molar-refractivity contribution in [2.75, 3.05) is 41.0 Å². The summed E-state index contributed by atoms with van der Waals surface area (Å²) in [6.45, 7) is 10.1. The molecule has 280 valence electrons. The number of hydrogen-bond donors (Lipinski definition) is 5. The van der Waals surface area contributed by atoms with Crippen LogP contribution >= 0.6 is 0 Å². The molecule has 0 spiro atoms. The molecule has 1 unspecified atom stereocenters. The van der Waals surface area contributed by atoms with Gasteiger partial charge in [0, 0.05) is 72.1 Å². The fraction of sp³-hybridized carbons (Fsp3) is 0.385. The summed E-state index contributed by atoms with van der Waals surface area (Å²) in [6, 6.07) is 23.2. The van der Waals surface area contributed by atoms with Crippen molar-refractivity contribution < 1.29 is 18.0 Å². The maximum atomic E-state index is 12.9. The van der Waals surface area contributed by atoms with Crippen LogP contribution in [0.25, 0.3) is 0 Å². The summed E-state index contributed by atoms with van der Waals surface area (Å²) >= 11 is 0. The lowest BCUT2D eigenvalue weighted by molar-refractivity contribution is -0.133. The molecule has 4 aromatic rings. The molecular weight excluding hydrogens is 691 g/mol. The van der Waals surface area contributed by atoms with Gasteiger partial charge in [-0.3, -0.25) is 19.8 Å². The Kier molecular flexibility index (Phi) is 11.3. The molecule has 3 aromatic carbocycles. The van der Waals surface area contributed by atoms with Crippen molar-refractivity contribution in [3.8, 4) is 0 Å². The van der Waals surface area contributed by atoms with Crippen molar-refractivity contribution in [3.63, 3.8) is 0 Å². The van der Waals surface area contributed by atoms with Gasteiger partial charge >= 0.3 is 0 Å². The number of carbonyl (C=O) groups is 2. The van der Waals surface area contributed by atoms with Gasteiger partial charge in [-0.2, -0.15) is 4.98 Å². The van der Waals surface area contributed by atoms with E-state index in [1.165, 1.54) is 11.3 Å². The minimum Gasteiger partial charge on any atom is -0.374 e. The number of hydrogen-bond acceptors (Lipinski definition) is 11. The van der Waals surface area contributed by atoms with E-state index in [9.17, 15) is 18.0 Å². The van der Waals surface area contributed by atoms with Gasteiger partial charge in [0.05, 0.1) is 4.90 Å². The predicted molar refractivity (Wildman–Crippen MR) is 209 cm³/mol. The molecule has 14 heteroatoms. The molecule has 6 rings (SSSR count). The number of benzene rings is 3. The van der Waals surface area contributed by atoms with Gasteiger partial charge in [0.15, 0.2) is 0 Å². The molecule has 1 atom stereocenters. The number of carbonyl (C=O) groups excluding carboxylic acids is 2. The van der Waals surface area contributed by atoms with Gasteiger partial charge in [0.2, 0.25) is 27.8 Å². The Morgan fingerprint density at radius 1 is 0.906 bits per heavy atom. The molecule has 3 heterocycles. The molecule has 2 fully saturated rings. The predicted octanol–water partition coefficient (Wildman–Crippen LogP) is 5.67. The van der Waals surface area contributed by atoms with E-state index in [0.717, 1.165) is 49.4 Å². The largest absolute Gasteiger partial charge is 0.374 e. The summed E-state index contributed by atoms with van der Waals surface area (Å²) in [5, 5.41) is 12.2. The first-order valence-electron chi connectivity index (χ1n) is 18.0. The second-order valence-corrected chi connectivity index (χ2v) is 16.6. The van der Waals surface area contributed by atoms with Gasteiger partial charge in [-0.15, -0.1) is 0 Å². The van der Waals surface area contributed by atoms with Crippen LogP contribution in [0.2, 0.25) is 0 Å². The Balaban J connectivity index is 0.990. The van der Waals surface area contributed by atoms with Crippen molar-refractivity contribution in [2.45, 2.75) is 82.4 Å². The third kappa shape index (κ3) is 10.1. The van der Waals surface area contributed by atoms with E-state index in [1.807, 2.05) is 31.2 Å². The molecule has 5 N–H and O–H groups in total. The molecule has 0 aliphatic carbocycles. The van der Waals surface area contributed by atoms with Gasteiger partial charge in [-0.05, 0) is 114 Å². The quantitative estimate of drug-likeness (QED) is 0.114. The van der Waals surface area contributed by atoms with E-state index in [-0.39, 0.29) is 22.8 Å². The Morgan fingerprint density at radius 3 is 2.28 bits per heavy atom. The monoisotopic (exact) mass is 739 g/mol. The number of piperidine rings is 2. The molecule has 0 bridgehead atoms. The van der Waals surface area contributed by atoms with Gasteiger partial charge in [-0.25, -0.2) is 18.1 Å². The molecule has 0 saturated carbocycles. The third-order valence-electron chi connectivity index (χ3n) is 9.36. The molecule has 2 aliphatic heterocycles. The molecule has 0 radical (unpaired) electrons. The van der Waals surface area contributed by atoms with Crippen LogP contribution < -0.4 is 30.9 Å². The SMILES string of the molecule is Cc1cnc(Nc2ccc(N3CCC(N(C)Cc4ccc(NC5CCC(=O)NC5=O)cc4)CC3)cc2)nc1Nc1cccc(S(=O)(=O)NC(C)(C)C)c1. The molecular formula is C39H49N9O4S. The zero-order valence-electron chi connectivity index (χ0n) is 30.9. The normalized spacial score (nSPS) is 17.1. The molecule has 2 saturated heterocycles. The topological polar surface area (TPSA) is 161 Å². The van der Waals surface area contributed by atoms with Crippen molar-refractivity contribution in [1.29, 1.82) is 0 Å². The van der Waals surface area contributed by atoms with Crippen LogP contribution in [0.15, 0.2) is 83.9 Å². The summed E-state index contributed by atoms with van der Waals surface area (Å²) in [6.07, 6.45) is 4.69. The average Bonchev–Trinajstić information content (AvgIpc) is 3.11. The standard InChI is InChI=1S/C39H49N9O4S/c1-26-24-40-38(45-36(26)42-30-7-6-8-33(23-30)53(51,52)46-39(2,3)4)43-29-13-15-32(16-14-29)48-21-19-31(20-22-48)47(5)25-27-9-11-28(12-10-27)41-34-17-18-35(49)44-37(34)50/h6-16,23-24,31,34,41,46H,17-22,25H2,1-5H3,(H,44,49,50)(H2,40,42,43,45).